The summed E-state index contributed by atoms with van der Waals surface area (Å²) in [6.45, 7) is -0.903. The van der Waals surface area contributed by atoms with Crippen molar-refractivity contribution in [3.8, 4) is 16.3 Å². The molecule has 0 aliphatic rings. The van der Waals surface area contributed by atoms with E-state index in [1.165, 1.54) is 17.4 Å². The van der Waals surface area contributed by atoms with Gasteiger partial charge in [0.25, 0.3) is 0 Å². The van der Waals surface area contributed by atoms with Gasteiger partial charge in [-0.15, -0.1) is 11.3 Å². The maximum atomic E-state index is 12.2. The molecule has 5 heteroatoms. The van der Waals surface area contributed by atoms with Gasteiger partial charge in [0.2, 0.25) is 0 Å². The summed E-state index contributed by atoms with van der Waals surface area (Å²) in [4.78, 5) is 5.18. The Balaban J connectivity index is 2.40. The Hall–Kier alpha value is -1.49. The van der Waals surface area contributed by atoms with Gasteiger partial charge in [0, 0.05) is 11.1 Å². The molecule has 0 amide bonds. The Morgan fingerprint density at radius 3 is 2.69 bits per heavy atom. The van der Waals surface area contributed by atoms with Gasteiger partial charge in [0.05, 0.1) is 5.56 Å². The van der Waals surface area contributed by atoms with Crippen molar-refractivity contribution < 1.29 is 13.5 Å². The summed E-state index contributed by atoms with van der Waals surface area (Å²) in [5.41, 5.74) is 0.598. The number of benzene rings is 1. The maximum absolute atomic E-state index is 12.2. The van der Waals surface area contributed by atoms with Gasteiger partial charge in [-0.05, 0) is 19.1 Å². The van der Waals surface area contributed by atoms with Gasteiger partial charge in [-0.1, -0.05) is 12.1 Å². The van der Waals surface area contributed by atoms with Crippen LogP contribution in [0.5, 0.6) is 5.75 Å². The summed E-state index contributed by atoms with van der Waals surface area (Å²) in [7, 11) is 0. The fourth-order valence-corrected chi connectivity index (χ4v) is 2.12. The number of para-hydroxylation sites is 1. The number of hydrogen-bond acceptors (Lipinski definition) is 3. The third-order valence-electron chi connectivity index (χ3n) is 1.95. The summed E-state index contributed by atoms with van der Waals surface area (Å²) >= 11 is 1.45. The molecule has 0 bridgehead atoms. The fourth-order valence-electron chi connectivity index (χ4n) is 1.32. The normalized spacial score (nSPS) is 10.8. The molecule has 2 rings (SSSR count). The molecule has 0 N–H and O–H groups in total. The van der Waals surface area contributed by atoms with E-state index in [1.54, 1.807) is 24.4 Å². The minimum absolute atomic E-state index is 0.159. The van der Waals surface area contributed by atoms with Gasteiger partial charge in [0.1, 0.15) is 10.8 Å². The number of hydrogen-bond donors (Lipinski definition) is 0. The van der Waals surface area contributed by atoms with Crippen molar-refractivity contribution in [2.45, 2.75) is 13.5 Å². The molecule has 16 heavy (non-hydrogen) atoms. The first kappa shape index (κ1) is 11.0. The Labute approximate surface area is 95.5 Å². The number of halogens is 2. The summed E-state index contributed by atoms with van der Waals surface area (Å²) in [5, 5.41) is 0.689. The predicted octanol–water partition coefficient (Wildman–Crippen LogP) is 3.72. The van der Waals surface area contributed by atoms with Crippen LogP contribution in [0.1, 0.15) is 4.88 Å². The van der Waals surface area contributed by atoms with Crippen LogP contribution >= 0.6 is 11.3 Å². The predicted molar refractivity (Wildman–Crippen MR) is 58.9 cm³/mol. The smallest absolute Gasteiger partial charge is 0.387 e. The van der Waals surface area contributed by atoms with E-state index >= 15 is 0 Å². The molecule has 84 valence electrons. The minimum Gasteiger partial charge on any atom is -0.434 e. The highest BCUT2D eigenvalue weighted by Crippen LogP contribution is 2.33. The number of rotatable bonds is 3. The summed E-state index contributed by atoms with van der Waals surface area (Å²) in [5.74, 6) is 0.159. The number of alkyl halides is 2. The standard InChI is InChI=1S/C11H9F2NOS/c1-7-6-14-10(16-7)8-4-2-3-5-9(8)15-11(12)13/h2-6,11H,1H3. The number of aryl methyl sites for hydroxylation is 1. The molecule has 0 spiro atoms. The van der Waals surface area contributed by atoms with Crippen LogP contribution in [0.4, 0.5) is 8.78 Å². The number of thiazole rings is 1. The van der Waals surface area contributed by atoms with Gasteiger partial charge in [0.15, 0.2) is 0 Å². The highest BCUT2D eigenvalue weighted by Gasteiger charge is 2.12. The summed E-state index contributed by atoms with van der Waals surface area (Å²) in [6, 6.07) is 6.65. The highest BCUT2D eigenvalue weighted by atomic mass is 32.1. The molecule has 1 aromatic carbocycles. The van der Waals surface area contributed by atoms with Crippen molar-refractivity contribution in [3.05, 3.63) is 35.3 Å². The Morgan fingerprint density at radius 1 is 1.31 bits per heavy atom. The lowest BCUT2D eigenvalue weighted by atomic mass is 10.2. The molecule has 0 saturated carbocycles. The molecule has 2 aromatic rings. The molecule has 0 unspecified atom stereocenters. The SMILES string of the molecule is Cc1cnc(-c2ccccc2OC(F)F)s1. The number of aromatic nitrogens is 1. The molecule has 0 radical (unpaired) electrons. The van der Waals surface area contributed by atoms with Crippen molar-refractivity contribution >= 4 is 11.3 Å². The minimum atomic E-state index is -2.82. The zero-order valence-corrected chi connectivity index (χ0v) is 9.30. The summed E-state index contributed by atoms with van der Waals surface area (Å²) < 4.78 is 28.8. The Kier molecular flexibility index (Phi) is 3.14. The average molecular weight is 241 g/mol. The quantitative estimate of drug-likeness (QED) is 0.817. The van der Waals surface area contributed by atoms with Crippen molar-refractivity contribution in [2.24, 2.45) is 0 Å². The van der Waals surface area contributed by atoms with Gasteiger partial charge < -0.3 is 4.74 Å². The molecule has 0 aliphatic carbocycles. The van der Waals surface area contributed by atoms with Crippen LogP contribution in [0.15, 0.2) is 30.5 Å². The molecular formula is C11H9F2NOS. The van der Waals surface area contributed by atoms with E-state index in [9.17, 15) is 8.78 Å². The summed E-state index contributed by atoms with van der Waals surface area (Å²) in [6.07, 6.45) is 1.71. The molecule has 2 nitrogen and oxygen atoms in total. The molecule has 0 aliphatic heterocycles. The van der Waals surface area contributed by atoms with Crippen LogP contribution in [0, 0.1) is 6.92 Å². The zero-order chi connectivity index (χ0) is 11.5. The van der Waals surface area contributed by atoms with Crippen LogP contribution in [-0.2, 0) is 0 Å². The topological polar surface area (TPSA) is 22.1 Å². The van der Waals surface area contributed by atoms with Gasteiger partial charge in [-0.25, -0.2) is 4.98 Å². The third-order valence-corrected chi connectivity index (χ3v) is 2.90. The van der Waals surface area contributed by atoms with Crippen LogP contribution in [0.25, 0.3) is 10.6 Å². The maximum Gasteiger partial charge on any atom is 0.387 e. The lowest BCUT2D eigenvalue weighted by molar-refractivity contribution is -0.0494. The lowest BCUT2D eigenvalue weighted by Crippen LogP contribution is -2.02. The van der Waals surface area contributed by atoms with E-state index in [2.05, 4.69) is 9.72 Å². The van der Waals surface area contributed by atoms with Gasteiger partial charge in [-0.3, -0.25) is 0 Å². The first-order valence-electron chi connectivity index (χ1n) is 4.63. The van der Waals surface area contributed by atoms with E-state index < -0.39 is 6.61 Å². The van der Waals surface area contributed by atoms with Crippen LogP contribution < -0.4 is 4.74 Å². The van der Waals surface area contributed by atoms with E-state index in [4.69, 9.17) is 0 Å². The molecular weight excluding hydrogens is 232 g/mol. The average Bonchev–Trinajstić information content (AvgIpc) is 2.65. The Morgan fingerprint density at radius 2 is 2.06 bits per heavy atom. The van der Waals surface area contributed by atoms with Crippen molar-refractivity contribution in [2.75, 3.05) is 0 Å². The second-order valence-electron chi connectivity index (χ2n) is 3.15. The molecule has 1 heterocycles. The van der Waals surface area contributed by atoms with Gasteiger partial charge >= 0.3 is 6.61 Å². The van der Waals surface area contributed by atoms with E-state index in [-0.39, 0.29) is 5.75 Å². The van der Waals surface area contributed by atoms with Crippen molar-refractivity contribution in [1.82, 2.24) is 4.98 Å². The molecule has 0 saturated heterocycles. The first-order valence-corrected chi connectivity index (χ1v) is 5.45. The van der Waals surface area contributed by atoms with E-state index in [0.717, 1.165) is 4.88 Å². The van der Waals surface area contributed by atoms with Crippen LogP contribution in [0.2, 0.25) is 0 Å². The number of ether oxygens (including phenoxy) is 1. The molecule has 0 atom stereocenters. The van der Waals surface area contributed by atoms with Gasteiger partial charge in [-0.2, -0.15) is 8.78 Å². The molecule has 0 fully saturated rings. The monoisotopic (exact) mass is 241 g/mol. The second-order valence-corrected chi connectivity index (χ2v) is 4.39. The second kappa shape index (κ2) is 4.57. The molecule has 1 aromatic heterocycles. The lowest BCUT2D eigenvalue weighted by Gasteiger charge is -2.07. The zero-order valence-electron chi connectivity index (χ0n) is 8.48. The first-order chi connectivity index (χ1) is 7.66. The Bertz CT molecular complexity index is 484. The van der Waals surface area contributed by atoms with E-state index in [0.29, 0.717) is 10.6 Å². The number of nitrogens with zero attached hydrogens (tertiary/aromatic N) is 1. The van der Waals surface area contributed by atoms with Crippen molar-refractivity contribution in [1.29, 1.82) is 0 Å². The van der Waals surface area contributed by atoms with Crippen molar-refractivity contribution in [3.63, 3.8) is 0 Å². The van der Waals surface area contributed by atoms with Crippen LogP contribution in [0.3, 0.4) is 0 Å². The largest absolute Gasteiger partial charge is 0.434 e. The van der Waals surface area contributed by atoms with Crippen LogP contribution in [-0.4, -0.2) is 11.6 Å². The van der Waals surface area contributed by atoms with E-state index in [1.807, 2.05) is 6.92 Å². The third kappa shape index (κ3) is 2.36. The highest BCUT2D eigenvalue weighted by molar-refractivity contribution is 7.15. The fraction of sp³-hybridized carbons (Fsp3) is 0.182.